The molecule has 0 radical (unpaired) electrons. The van der Waals surface area contributed by atoms with Crippen LogP contribution in [0.2, 0.25) is 0 Å². The molecule has 1 aromatic rings. The lowest BCUT2D eigenvalue weighted by molar-refractivity contribution is -0.136. The van der Waals surface area contributed by atoms with E-state index in [2.05, 4.69) is 5.32 Å². The fourth-order valence-electron chi connectivity index (χ4n) is 1.77. The lowest BCUT2D eigenvalue weighted by Crippen LogP contribution is -2.28. The summed E-state index contributed by atoms with van der Waals surface area (Å²) in [4.78, 5) is 22.1. The first-order valence-electron chi connectivity index (χ1n) is 7.49. The number of aryl methyl sites for hydroxylation is 1. The van der Waals surface area contributed by atoms with Crippen molar-refractivity contribution >= 4 is 18.3 Å². The summed E-state index contributed by atoms with van der Waals surface area (Å²) in [6, 6.07) is 5.28. The third kappa shape index (κ3) is 6.59. The van der Waals surface area contributed by atoms with Crippen molar-refractivity contribution in [1.82, 2.24) is 0 Å². The van der Waals surface area contributed by atoms with Crippen LogP contribution < -0.4 is 10.1 Å². The maximum atomic E-state index is 11.8. The van der Waals surface area contributed by atoms with Crippen LogP contribution in [0.25, 0.3) is 0 Å². The molecule has 0 saturated carbocycles. The van der Waals surface area contributed by atoms with Crippen molar-refractivity contribution in [3.05, 3.63) is 23.8 Å². The molecule has 2 atom stereocenters. The summed E-state index contributed by atoms with van der Waals surface area (Å²) in [6.07, 6.45) is -1.15. The van der Waals surface area contributed by atoms with Crippen molar-refractivity contribution in [2.45, 2.75) is 59.4 Å². The van der Waals surface area contributed by atoms with Gasteiger partial charge in [-0.05, 0) is 65.3 Å². The zero-order valence-corrected chi connectivity index (χ0v) is 14.5. The fraction of sp³-hybridized carbons (Fsp3) is 0.529. The molecule has 2 unspecified atom stereocenters. The standard InChI is InChI=1S/C17H25NO5/c1-11-9-14(22-13(3)12(2)21-10-19)7-8-15(11)18-16(20)23-17(4,5)6/h7-10,12-13H,1-6H3,(H,18,20). The number of hydrogen-bond acceptors (Lipinski definition) is 5. The Balaban J connectivity index is 2.71. The van der Waals surface area contributed by atoms with E-state index in [-0.39, 0.29) is 12.2 Å². The van der Waals surface area contributed by atoms with Gasteiger partial charge in [-0.25, -0.2) is 4.79 Å². The van der Waals surface area contributed by atoms with Crippen LogP contribution in [0.4, 0.5) is 10.5 Å². The van der Waals surface area contributed by atoms with Crippen molar-refractivity contribution in [3.63, 3.8) is 0 Å². The van der Waals surface area contributed by atoms with E-state index in [0.29, 0.717) is 17.9 Å². The Morgan fingerprint density at radius 2 is 1.87 bits per heavy atom. The molecule has 0 spiro atoms. The van der Waals surface area contributed by atoms with E-state index in [4.69, 9.17) is 14.2 Å². The minimum Gasteiger partial charge on any atom is -0.487 e. The minimum atomic E-state index is -0.550. The Hall–Kier alpha value is -2.24. The zero-order valence-electron chi connectivity index (χ0n) is 14.5. The highest BCUT2D eigenvalue weighted by Gasteiger charge is 2.18. The molecule has 0 aromatic heterocycles. The first-order chi connectivity index (χ1) is 10.6. The smallest absolute Gasteiger partial charge is 0.412 e. The van der Waals surface area contributed by atoms with Gasteiger partial charge in [0.1, 0.15) is 23.6 Å². The van der Waals surface area contributed by atoms with E-state index in [1.165, 1.54) is 0 Å². The molecule has 6 heteroatoms. The Kier molecular flexibility index (Phi) is 6.42. The predicted molar refractivity (Wildman–Crippen MR) is 87.7 cm³/mol. The lowest BCUT2D eigenvalue weighted by Gasteiger charge is -2.21. The highest BCUT2D eigenvalue weighted by molar-refractivity contribution is 5.86. The number of amides is 1. The molecule has 1 amide bonds. The summed E-state index contributed by atoms with van der Waals surface area (Å²) in [6.45, 7) is 11.3. The molecule has 128 valence electrons. The second kappa shape index (κ2) is 7.85. The van der Waals surface area contributed by atoms with E-state index in [1.54, 1.807) is 45.9 Å². The monoisotopic (exact) mass is 323 g/mol. The topological polar surface area (TPSA) is 73.9 Å². The van der Waals surface area contributed by atoms with Crippen LogP contribution in [-0.4, -0.2) is 30.4 Å². The number of rotatable bonds is 6. The normalized spacial score (nSPS) is 13.7. The van der Waals surface area contributed by atoms with Crippen molar-refractivity contribution < 1.29 is 23.8 Å². The average molecular weight is 323 g/mol. The van der Waals surface area contributed by atoms with Gasteiger partial charge in [0.2, 0.25) is 0 Å². The van der Waals surface area contributed by atoms with Crippen LogP contribution in [0.15, 0.2) is 18.2 Å². The van der Waals surface area contributed by atoms with E-state index in [0.717, 1.165) is 5.56 Å². The van der Waals surface area contributed by atoms with Gasteiger partial charge in [0, 0.05) is 5.69 Å². The van der Waals surface area contributed by atoms with Gasteiger partial charge in [0.05, 0.1) is 0 Å². The third-order valence-corrected chi connectivity index (χ3v) is 3.09. The van der Waals surface area contributed by atoms with Crippen LogP contribution >= 0.6 is 0 Å². The van der Waals surface area contributed by atoms with Gasteiger partial charge in [0.15, 0.2) is 0 Å². The summed E-state index contributed by atoms with van der Waals surface area (Å²) in [5.74, 6) is 0.631. The van der Waals surface area contributed by atoms with Crippen molar-refractivity contribution in [2.75, 3.05) is 5.32 Å². The number of carbonyl (C=O) groups is 2. The van der Waals surface area contributed by atoms with Gasteiger partial charge >= 0.3 is 6.09 Å². The summed E-state index contributed by atoms with van der Waals surface area (Å²) in [5.41, 5.74) is 0.937. The Morgan fingerprint density at radius 1 is 1.22 bits per heavy atom. The largest absolute Gasteiger partial charge is 0.487 e. The van der Waals surface area contributed by atoms with Crippen LogP contribution in [0, 0.1) is 6.92 Å². The molecule has 1 N–H and O–H groups in total. The van der Waals surface area contributed by atoms with Crippen LogP contribution in [0.5, 0.6) is 5.75 Å². The molecule has 6 nitrogen and oxygen atoms in total. The molecule has 0 aliphatic carbocycles. The first kappa shape index (κ1) is 18.8. The lowest BCUT2D eigenvalue weighted by atomic mass is 10.2. The van der Waals surface area contributed by atoms with Gasteiger partial charge in [-0.3, -0.25) is 10.1 Å². The van der Waals surface area contributed by atoms with E-state index in [1.807, 2.05) is 13.8 Å². The second-order valence-corrected chi connectivity index (χ2v) is 6.36. The number of ether oxygens (including phenoxy) is 3. The maximum absolute atomic E-state index is 11.8. The summed E-state index contributed by atoms with van der Waals surface area (Å²) in [5, 5.41) is 2.70. The van der Waals surface area contributed by atoms with Crippen LogP contribution in [0.3, 0.4) is 0 Å². The Labute approximate surface area is 137 Å². The van der Waals surface area contributed by atoms with Crippen molar-refractivity contribution in [3.8, 4) is 5.75 Å². The predicted octanol–water partition coefficient (Wildman–Crippen LogP) is 3.67. The van der Waals surface area contributed by atoms with Gasteiger partial charge < -0.3 is 14.2 Å². The molecule has 0 aliphatic rings. The average Bonchev–Trinajstić information content (AvgIpc) is 2.40. The molecule has 0 aliphatic heterocycles. The zero-order chi connectivity index (χ0) is 17.6. The number of carbonyl (C=O) groups excluding carboxylic acids is 2. The first-order valence-corrected chi connectivity index (χ1v) is 7.49. The molecule has 23 heavy (non-hydrogen) atoms. The second-order valence-electron chi connectivity index (χ2n) is 6.36. The maximum Gasteiger partial charge on any atom is 0.412 e. The molecular formula is C17H25NO5. The van der Waals surface area contributed by atoms with Gasteiger partial charge in [0.25, 0.3) is 6.47 Å². The molecular weight excluding hydrogens is 298 g/mol. The summed E-state index contributed by atoms with van der Waals surface area (Å²) < 4.78 is 15.8. The summed E-state index contributed by atoms with van der Waals surface area (Å²) >= 11 is 0. The Bertz CT molecular complexity index is 550. The molecule has 1 rings (SSSR count). The van der Waals surface area contributed by atoms with E-state index in [9.17, 15) is 9.59 Å². The molecule has 0 heterocycles. The molecule has 1 aromatic carbocycles. The quantitative estimate of drug-likeness (QED) is 0.809. The Morgan fingerprint density at radius 3 is 2.39 bits per heavy atom. The number of anilines is 1. The van der Waals surface area contributed by atoms with Crippen molar-refractivity contribution in [2.24, 2.45) is 0 Å². The highest BCUT2D eigenvalue weighted by Crippen LogP contribution is 2.23. The molecule has 0 saturated heterocycles. The van der Waals surface area contributed by atoms with Crippen LogP contribution in [0.1, 0.15) is 40.2 Å². The van der Waals surface area contributed by atoms with Gasteiger partial charge in [-0.15, -0.1) is 0 Å². The van der Waals surface area contributed by atoms with E-state index < -0.39 is 11.7 Å². The molecule has 0 fully saturated rings. The van der Waals surface area contributed by atoms with Crippen LogP contribution in [-0.2, 0) is 14.3 Å². The minimum absolute atomic E-state index is 0.288. The van der Waals surface area contributed by atoms with Gasteiger partial charge in [-0.2, -0.15) is 0 Å². The highest BCUT2D eigenvalue weighted by atomic mass is 16.6. The van der Waals surface area contributed by atoms with Gasteiger partial charge in [-0.1, -0.05) is 0 Å². The molecule has 0 bridgehead atoms. The number of nitrogens with one attached hydrogen (secondary N) is 1. The fourth-order valence-corrected chi connectivity index (χ4v) is 1.77. The number of hydrogen-bond donors (Lipinski definition) is 1. The third-order valence-electron chi connectivity index (χ3n) is 3.09. The van der Waals surface area contributed by atoms with Crippen molar-refractivity contribution in [1.29, 1.82) is 0 Å². The van der Waals surface area contributed by atoms with E-state index >= 15 is 0 Å². The summed E-state index contributed by atoms with van der Waals surface area (Å²) in [7, 11) is 0. The number of benzene rings is 1. The SMILES string of the molecule is Cc1cc(OC(C)C(C)OC=O)ccc1NC(=O)OC(C)(C)C.